The minimum absolute atomic E-state index is 0.0524. The van der Waals surface area contributed by atoms with Crippen LogP contribution in [-0.2, 0) is 6.54 Å². The summed E-state index contributed by atoms with van der Waals surface area (Å²) in [4.78, 5) is 0. The topological polar surface area (TPSA) is 43.6 Å². The molecule has 0 spiro atoms. The maximum absolute atomic E-state index is 9.64. The van der Waals surface area contributed by atoms with Crippen LogP contribution in [-0.4, -0.2) is 22.4 Å². The number of fused-ring (bicyclic) bond motifs is 1. The summed E-state index contributed by atoms with van der Waals surface area (Å²) in [5, 5.41) is 12.1. The van der Waals surface area contributed by atoms with Crippen molar-refractivity contribution in [2.24, 2.45) is 0 Å². The third-order valence-corrected chi connectivity index (χ3v) is 3.50. The predicted octanol–water partition coefficient (Wildman–Crippen LogP) is 4.21. The van der Waals surface area contributed by atoms with E-state index in [0.29, 0.717) is 18.1 Å². The van der Waals surface area contributed by atoms with E-state index >= 15 is 0 Å². The molecule has 0 saturated carbocycles. The lowest BCUT2D eigenvalue weighted by atomic mass is 10.2. The molecule has 1 heterocycles. The summed E-state index contributed by atoms with van der Waals surface area (Å²) in [7, 11) is 0. The van der Waals surface area contributed by atoms with Gasteiger partial charge in [0.2, 0.25) is 0 Å². The number of aromatic nitrogens is 1. The minimum atomic E-state index is 0.0524. The number of phenolic OH excluding ortho intramolecular Hbond substituents is 1. The number of hydrogen-bond acceptors (Lipinski definition) is 3. The minimum Gasteiger partial charge on any atom is -0.508 e. The number of benzene rings is 2. The molecule has 1 N–H and O–H groups in total. The smallest absolute Gasteiger partial charge is 0.164 e. The molecule has 2 aromatic carbocycles. The van der Waals surface area contributed by atoms with E-state index in [1.807, 2.05) is 26.0 Å². The predicted molar refractivity (Wildman–Crippen MR) is 91.3 cm³/mol. The van der Waals surface area contributed by atoms with E-state index in [1.54, 1.807) is 18.2 Å². The number of hydrogen-bond donors (Lipinski definition) is 1. The van der Waals surface area contributed by atoms with E-state index in [9.17, 15) is 5.11 Å². The molecule has 0 saturated heterocycles. The van der Waals surface area contributed by atoms with Gasteiger partial charge in [-0.15, -0.1) is 0 Å². The molecule has 0 aliphatic carbocycles. The summed E-state index contributed by atoms with van der Waals surface area (Å²) >= 11 is 0. The van der Waals surface area contributed by atoms with Crippen molar-refractivity contribution in [2.45, 2.75) is 26.5 Å². The average molecular weight is 311 g/mol. The van der Waals surface area contributed by atoms with Crippen LogP contribution in [0.2, 0.25) is 0 Å². The molecule has 120 valence electrons. The van der Waals surface area contributed by atoms with E-state index in [0.717, 1.165) is 6.54 Å². The van der Waals surface area contributed by atoms with Gasteiger partial charge in [-0.25, -0.2) is 0 Å². The summed E-state index contributed by atoms with van der Waals surface area (Å²) in [5.74, 6) is 1.38. The Hall–Kier alpha value is -2.62. The van der Waals surface area contributed by atoms with Crippen LogP contribution in [0.4, 0.5) is 0 Å². The van der Waals surface area contributed by atoms with Crippen molar-refractivity contribution in [3.8, 4) is 17.2 Å². The Bertz CT molecular complexity index is 759. The van der Waals surface area contributed by atoms with E-state index in [2.05, 4.69) is 29.1 Å². The Morgan fingerprint density at radius 2 is 1.70 bits per heavy atom. The third-order valence-electron chi connectivity index (χ3n) is 3.50. The molecule has 1 aromatic heterocycles. The fourth-order valence-corrected chi connectivity index (χ4v) is 2.49. The maximum atomic E-state index is 9.64. The van der Waals surface area contributed by atoms with Gasteiger partial charge in [-0.2, -0.15) is 0 Å². The molecule has 4 heteroatoms. The Morgan fingerprint density at radius 1 is 1.00 bits per heavy atom. The van der Waals surface area contributed by atoms with E-state index < -0.39 is 0 Å². The molecule has 0 fully saturated rings. The highest BCUT2D eigenvalue weighted by atomic mass is 16.5. The molecule has 4 nitrogen and oxygen atoms in total. The third kappa shape index (κ3) is 3.77. The first-order valence-electron chi connectivity index (χ1n) is 7.79. The number of rotatable bonds is 6. The monoisotopic (exact) mass is 311 g/mol. The highest BCUT2D eigenvalue weighted by molar-refractivity contribution is 5.82. The van der Waals surface area contributed by atoms with Crippen molar-refractivity contribution >= 4 is 10.8 Å². The first kappa shape index (κ1) is 15.3. The van der Waals surface area contributed by atoms with E-state index in [4.69, 9.17) is 9.47 Å². The van der Waals surface area contributed by atoms with Crippen molar-refractivity contribution in [3.05, 3.63) is 54.9 Å². The average Bonchev–Trinajstić information content (AvgIpc) is 2.92. The molecule has 0 atom stereocenters. The molecule has 23 heavy (non-hydrogen) atoms. The summed E-state index contributed by atoms with van der Waals surface area (Å²) in [5.41, 5.74) is 0. The van der Waals surface area contributed by atoms with Gasteiger partial charge in [0, 0.05) is 18.5 Å². The molecular weight excluding hydrogens is 290 g/mol. The van der Waals surface area contributed by atoms with Gasteiger partial charge in [-0.05, 0) is 36.8 Å². The maximum Gasteiger partial charge on any atom is 0.164 e. The van der Waals surface area contributed by atoms with Gasteiger partial charge < -0.3 is 19.1 Å². The van der Waals surface area contributed by atoms with E-state index in [1.165, 1.54) is 10.8 Å². The molecule has 0 aliphatic heterocycles. The lowest BCUT2D eigenvalue weighted by Gasteiger charge is -2.15. The fourth-order valence-electron chi connectivity index (χ4n) is 2.49. The van der Waals surface area contributed by atoms with Crippen LogP contribution in [0.1, 0.15) is 13.8 Å². The zero-order chi connectivity index (χ0) is 16.2. The summed E-state index contributed by atoms with van der Waals surface area (Å²) in [6, 6.07) is 13.2. The lowest BCUT2D eigenvalue weighted by Crippen LogP contribution is -2.10. The second-order valence-corrected chi connectivity index (χ2v) is 5.77. The van der Waals surface area contributed by atoms with Crippen LogP contribution < -0.4 is 9.47 Å². The normalized spacial score (nSPS) is 11.1. The molecular formula is C19H21NO3. The molecule has 0 bridgehead atoms. The molecule has 0 aliphatic rings. The van der Waals surface area contributed by atoms with Gasteiger partial charge in [0.1, 0.15) is 12.4 Å². The fraction of sp³-hybridized carbons (Fsp3) is 0.263. The second kappa shape index (κ2) is 6.65. The zero-order valence-corrected chi connectivity index (χ0v) is 13.4. The first-order valence-corrected chi connectivity index (χ1v) is 7.79. The Balaban J connectivity index is 1.67. The van der Waals surface area contributed by atoms with Crippen LogP contribution >= 0.6 is 0 Å². The second-order valence-electron chi connectivity index (χ2n) is 5.77. The van der Waals surface area contributed by atoms with E-state index in [-0.39, 0.29) is 11.9 Å². The Kier molecular flexibility index (Phi) is 4.42. The number of phenols is 1. The lowest BCUT2D eigenvalue weighted by molar-refractivity contribution is 0.217. The molecule has 0 amide bonds. The van der Waals surface area contributed by atoms with Crippen molar-refractivity contribution in [1.29, 1.82) is 0 Å². The zero-order valence-electron chi connectivity index (χ0n) is 13.4. The molecule has 3 aromatic rings. The standard InChI is InChI=1S/C19H21NO3/c1-14(2)23-18-8-7-17(21)11-19(18)22-10-9-20-12-15-5-3-4-6-16(15)13-20/h3-8,11-14,21H,9-10H2,1-2H3. The van der Waals surface area contributed by atoms with Gasteiger partial charge >= 0.3 is 0 Å². The van der Waals surface area contributed by atoms with Crippen molar-refractivity contribution in [3.63, 3.8) is 0 Å². The van der Waals surface area contributed by atoms with Crippen LogP contribution in [0.25, 0.3) is 10.8 Å². The van der Waals surface area contributed by atoms with Crippen LogP contribution in [0.15, 0.2) is 54.9 Å². The van der Waals surface area contributed by atoms with Gasteiger partial charge in [-0.1, -0.05) is 24.3 Å². The number of ether oxygens (including phenoxy) is 2. The van der Waals surface area contributed by atoms with Crippen LogP contribution in [0.3, 0.4) is 0 Å². The number of aromatic hydroxyl groups is 1. The first-order chi connectivity index (χ1) is 11.1. The number of nitrogens with zero attached hydrogens (tertiary/aromatic N) is 1. The Morgan fingerprint density at radius 3 is 2.35 bits per heavy atom. The van der Waals surface area contributed by atoms with Crippen LogP contribution in [0.5, 0.6) is 17.2 Å². The van der Waals surface area contributed by atoms with Gasteiger partial charge in [0.25, 0.3) is 0 Å². The van der Waals surface area contributed by atoms with Gasteiger partial charge in [0.15, 0.2) is 11.5 Å². The SMILES string of the molecule is CC(C)Oc1ccc(O)cc1OCCn1cc2ccccc2c1. The molecule has 3 rings (SSSR count). The van der Waals surface area contributed by atoms with Gasteiger partial charge in [-0.3, -0.25) is 0 Å². The van der Waals surface area contributed by atoms with Crippen LogP contribution in [0, 0.1) is 0 Å². The molecule has 0 unspecified atom stereocenters. The van der Waals surface area contributed by atoms with Gasteiger partial charge in [0.05, 0.1) is 12.6 Å². The molecule has 0 radical (unpaired) electrons. The highest BCUT2D eigenvalue weighted by Crippen LogP contribution is 2.31. The summed E-state index contributed by atoms with van der Waals surface area (Å²) in [6.45, 7) is 5.15. The Labute approximate surface area is 135 Å². The summed E-state index contributed by atoms with van der Waals surface area (Å²) in [6.07, 6.45) is 4.26. The van der Waals surface area contributed by atoms with Crippen molar-refractivity contribution < 1.29 is 14.6 Å². The largest absolute Gasteiger partial charge is 0.508 e. The highest BCUT2D eigenvalue weighted by Gasteiger charge is 2.08. The summed E-state index contributed by atoms with van der Waals surface area (Å²) < 4.78 is 13.6. The van der Waals surface area contributed by atoms with Crippen molar-refractivity contribution in [1.82, 2.24) is 4.57 Å². The quantitative estimate of drug-likeness (QED) is 0.741. The van der Waals surface area contributed by atoms with Crippen molar-refractivity contribution in [2.75, 3.05) is 6.61 Å².